The highest BCUT2D eigenvalue weighted by atomic mass is 35.5. The third-order valence-corrected chi connectivity index (χ3v) is 5.47. The number of carbonyl (C=O) groups is 1. The molecule has 1 aliphatic rings. The summed E-state index contributed by atoms with van der Waals surface area (Å²) in [6.45, 7) is 3.50. The first-order chi connectivity index (χ1) is 13.5. The number of rotatable bonds is 7. The largest absolute Gasteiger partial charge is 0.342 e. The first-order valence-corrected chi connectivity index (χ1v) is 9.79. The van der Waals surface area contributed by atoms with Crippen LogP contribution in [0.5, 0.6) is 0 Å². The fourth-order valence-electron chi connectivity index (χ4n) is 3.74. The Bertz CT molecular complexity index is 808. The molecule has 1 heterocycles. The number of carbonyl (C=O) groups excluding carboxylic acids is 1. The molecule has 1 saturated heterocycles. The number of benzene rings is 2. The molecule has 1 amide bonds. The van der Waals surface area contributed by atoms with E-state index >= 15 is 0 Å². The Morgan fingerprint density at radius 2 is 1.83 bits per heavy atom. The highest BCUT2D eigenvalue weighted by molar-refractivity contribution is 5.93. The number of hydrogen-bond acceptors (Lipinski definition) is 4. The predicted octanol–water partition coefficient (Wildman–Crippen LogP) is 4.39. The van der Waals surface area contributed by atoms with Gasteiger partial charge in [-0.2, -0.15) is 0 Å². The third-order valence-electron chi connectivity index (χ3n) is 5.47. The smallest absolute Gasteiger partial charge is 0.269 e. The second-order valence-electron chi connectivity index (χ2n) is 7.53. The number of hydrogen-bond donors (Lipinski definition) is 0. The van der Waals surface area contributed by atoms with Gasteiger partial charge in [-0.3, -0.25) is 19.8 Å². The summed E-state index contributed by atoms with van der Waals surface area (Å²) in [5.41, 5.74) is 1.87. The molecule has 0 atom stereocenters. The summed E-state index contributed by atoms with van der Waals surface area (Å²) in [6, 6.07) is 16.3. The molecule has 7 heteroatoms. The van der Waals surface area contributed by atoms with Gasteiger partial charge in [-0.05, 0) is 56.0 Å². The SMILES string of the molecule is CN(CCC1CCN(Cc2cccc([N+](=O)[O-])c2)CC1)C(=O)c1ccccc1.Cl. The molecular weight excluding hydrogens is 390 g/mol. The van der Waals surface area contributed by atoms with Gasteiger partial charge in [-0.15, -0.1) is 12.4 Å². The van der Waals surface area contributed by atoms with Crippen molar-refractivity contribution in [1.29, 1.82) is 0 Å². The van der Waals surface area contributed by atoms with Gasteiger partial charge in [0.25, 0.3) is 11.6 Å². The molecule has 1 fully saturated rings. The fraction of sp³-hybridized carbons (Fsp3) is 0.409. The van der Waals surface area contributed by atoms with Crippen LogP contribution >= 0.6 is 12.4 Å². The van der Waals surface area contributed by atoms with E-state index in [0.717, 1.165) is 56.6 Å². The number of piperidine rings is 1. The van der Waals surface area contributed by atoms with E-state index < -0.39 is 0 Å². The van der Waals surface area contributed by atoms with Crippen LogP contribution < -0.4 is 0 Å². The minimum atomic E-state index is -0.344. The molecule has 2 aromatic carbocycles. The molecule has 0 N–H and O–H groups in total. The van der Waals surface area contributed by atoms with E-state index in [1.54, 1.807) is 12.1 Å². The van der Waals surface area contributed by atoms with Crippen molar-refractivity contribution in [3.8, 4) is 0 Å². The number of nitro groups is 1. The Morgan fingerprint density at radius 1 is 1.14 bits per heavy atom. The zero-order valence-corrected chi connectivity index (χ0v) is 17.5. The van der Waals surface area contributed by atoms with Crippen molar-refractivity contribution in [2.24, 2.45) is 5.92 Å². The summed E-state index contributed by atoms with van der Waals surface area (Å²) >= 11 is 0. The lowest BCUT2D eigenvalue weighted by molar-refractivity contribution is -0.384. The lowest BCUT2D eigenvalue weighted by Gasteiger charge is -2.32. The van der Waals surface area contributed by atoms with Crippen LogP contribution in [0.1, 0.15) is 35.2 Å². The molecule has 0 unspecified atom stereocenters. The molecule has 0 bridgehead atoms. The van der Waals surface area contributed by atoms with Gasteiger partial charge < -0.3 is 4.90 Å². The Hall–Kier alpha value is -2.44. The first kappa shape index (κ1) is 22.8. The molecule has 3 rings (SSSR count). The molecule has 0 aliphatic carbocycles. The molecule has 2 aromatic rings. The fourth-order valence-corrected chi connectivity index (χ4v) is 3.74. The number of nitro benzene ring substituents is 1. The van der Waals surface area contributed by atoms with Crippen molar-refractivity contribution in [3.63, 3.8) is 0 Å². The van der Waals surface area contributed by atoms with E-state index in [1.807, 2.05) is 48.3 Å². The quantitative estimate of drug-likeness (QED) is 0.495. The van der Waals surface area contributed by atoms with Crippen molar-refractivity contribution >= 4 is 24.0 Å². The highest BCUT2D eigenvalue weighted by Gasteiger charge is 2.21. The Kier molecular flexibility index (Phi) is 8.61. The second kappa shape index (κ2) is 10.9. The van der Waals surface area contributed by atoms with E-state index in [4.69, 9.17) is 0 Å². The van der Waals surface area contributed by atoms with Crippen molar-refractivity contribution in [1.82, 2.24) is 9.80 Å². The number of nitrogens with zero attached hydrogens (tertiary/aromatic N) is 3. The second-order valence-corrected chi connectivity index (χ2v) is 7.53. The molecule has 156 valence electrons. The summed E-state index contributed by atoms with van der Waals surface area (Å²) < 4.78 is 0. The van der Waals surface area contributed by atoms with Crippen LogP contribution in [0.4, 0.5) is 5.69 Å². The number of likely N-dealkylation sites (tertiary alicyclic amines) is 1. The van der Waals surface area contributed by atoms with Gasteiger partial charge in [0, 0.05) is 37.8 Å². The van der Waals surface area contributed by atoms with Crippen LogP contribution in [0.2, 0.25) is 0 Å². The number of amides is 1. The van der Waals surface area contributed by atoms with E-state index in [2.05, 4.69) is 4.90 Å². The maximum Gasteiger partial charge on any atom is 0.269 e. The average molecular weight is 418 g/mol. The molecule has 0 spiro atoms. The molecule has 0 aromatic heterocycles. The zero-order chi connectivity index (χ0) is 19.9. The molecule has 1 aliphatic heterocycles. The monoisotopic (exact) mass is 417 g/mol. The number of halogens is 1. The van der Waals surface area contributed by atoms with Crippen LogP contribution in [-0.4, -0.2) is 47.3 Å². The molecule has 6 nitrogen and oxygen atoms in total. The molecule has 29 heavy (non-hydrogen) atoms. The van der Waals surface area contributed by atoms with Gasteiger partial charge in [-0.1, -0.05) is 30.3 Å². The summed E-state index contributed by atoms with van der Waals surface area (Å²) in [4.78, 5) is 27.2. The maximum atomic E-state index is 12.4. The lowest BCUT2D eigenvalue weighted by Crippen LogP contribution is -2.35. The Balaban J connectivity index is 0.00000300. The minimum Gasteiger partial charge on any atom is -0.342 e. The Morgan fingerprint density at radius 3 is 2.48 bits per heavy atom. The van der Waals surface area contributed by atoms with Gasteiger partial charge in [0.1, 0.15) is 0 Å². The van der Waals surface area contributed by atoms with Gasteiger partial charge in [0.2, 0.25) is 0 Å². The lowest BCUT2D eigenvalue weighted by atomic mass is 9.93. The van der Waals surface area contributed by atoms with Crippen molar-refractivity contribution < 1.29 is 9.72 Å². The normalized spacial score (nSPS) is 14.8. The summed E-state index contributed by atoms with van der Waals surface area (Å²) in [5, 5.41) is 10.9. The Labute approximate surface area is 178 Å². The van der Waals surface area contributed by atoms with E-state index in [0.29, 0.717) is 5.92 Å². The van der Waals surface area contributed by atoms with Gasteiger partial charge in [0.15, 0.2) is 0 Å². The highest BCUT2D eigenvalue weighted by Crippen LogP contribution is 2.23. The van der Waals surface area contributed by atoms with E-state index in [-0.39, 0.29) is 28.9 Å². The van der Waals surface area contributed by atoms with Gasteiger partial charge in [-0.25, -0.2) is 0 Å². The minimum absolute atomic E-state index is 0. The standard InChI is InChI=1S/C22H27N3O3.ClH/c1-23(22(26)20-7-3-2-4-8-20)13-10-18-11-14-24(15-12-18)17-19-6-5-9-21(16-19)25(27)28;/h2-9,16,18H,10-15,17H2,1H3;1H. The van der Waals surface area contributed by atoms with Gasteiger partial charge in [0.05, 0.1) is 4.92 Å². The predicted molar refractivity (Wildman–Crippen MR) is 116 cm³/mol. The summed E-state index contributed by atoms with van der Waals surface area (Å²) in [6.07, 6.45) is 3.21. The topological polar surface area (TPSA) is 66.7 Å². The van der Waals surface area contributed by atoms with Crippen LogP contribution in [-0.2, 0) is 6.54 Å². The number of non-ortho nitro benzene ring substituents is 1. The first-order valence-electron chi connectivity index (χ1n) is 9.79. The van der Waals surface area contributed by atoms with E-state index in [1.165, 1.54) is 6.07 Å². The summed E-state index contributed by atoms with van der Waals surface area (Å²) in [5.74, 6) is 0.691. The van der Waals surface area contributed by atoms with Crippen molar-refractivity contribution in [2.75, 3.05) is 26.7 Å². The van der Waals surface area contributed by atoms with Gasteiger partial charge >= 0.3 is 0 Å². The third kappa shape index (κ3) is 6.54. The molecular formula is C22H28ClN3O3. The maximum absolute atomic E-state index is 12.4. The van der Waals surface area contributed by atoms with Crippen molar-refractivity contribution in [2.45, 2.75) is 25.8 Å². The average Bonchev–Trinajstić information content (AvgIpc) is 2.73. The molecule has 0 radical (unpaired) electrons. The van der Waals surface area contributed by atoms with Crippen LogP contribution in [0.15, 0.2) is 54.6 Å². The molecule has 0 saturated carbocycles. The van der Waals surface area contributed by atoms with Crippen LogP contribution in [0.3, 0.4) is 0 Å². The zero-order valence-electron chi connectivity index (χ0n) is 16.7. The van der Waals surface area contributed by atoms with Crippen molar-refractivity contribution in [3.05, 3.63) is 75.8 Å². The van der Waals surface area contributed by atoms with Crippen LogP contribution in [0.25, 0.3) is 0 Å². The van der Waals surface area contributed by atoms with Crippen LogP contribution in [0, 0.1) is 16.0 Å². The van der Waals surface area contributed by atoms with E-state index in [9.17, 15) is 14.9 Å². The summed E-state index contributed by atoms with van der Waals surface area (Å²) in [7, 11) is 1.87.